The molecule has 90 valence electrons. The molecule has 1 fully saturated rings. The van der Waals surface area contributed by atoms with Gasteiger partial charge in [-0.05, 0) is 18.6 Å². The smallest absolute Gasteiger partial charge is 0.152 e. The molecule has 0 bridgehead atoms. The van der Waals surface area contributed by atoms with Gasteiger partial charge in [-0.15, -0.1) is 0 Å². The van der Waals surface area contributed by atoms with Gasteiger partial charge in [0.15, 0.2) is 9.84 Å². The minimum absolute atomic E-state index is 0.0361. The second kappa shape index (κ2) is 4.34. The van der Waals surface area contributed by atoms with Gasteiger partial charge in [-0.2, -0.15) is 5.26 Å². The normalized spacial score (nSPS) is 22.0. The highest BCUT2D eigenvalue weighted by Crippen LogP contribution is 2.22. The van der Waals surface area contributed by atoms with E-state index in [1.54, 1.807) is 12.1 Å². The van der Waals surface area contributed by atoms with Crippen molar-refractivity contribution in [3.05, 3.63) is 29.6 Å². The average molecular weight is 254 g/mol. The van der Waals surface area contributed by atoms with Gasteiger partial charge in [0.2, 0.25) is 0 Å². The first-order chi connectivity index (χ1) is 8.02. The molecule has 1 saturated heterocycles. The topological polar surface area (TPSA) is 70.0 Å². The van der Waals surface area contributed by atoms with Gasteiger partial charge in [0.05, 0.1) is 17.2 Å². The van der Waals surface area contributed by atoms with E-state index in [1.807, 2.05) is 0 Å². The Hall–Kier alpha value is -1.61. The molecule has 0 spiro atoms. The predicted octanol–water partition coefficient (Wildman–Crippen LogP) is 1.30. The monoisotopic (exact) mass is 254 g/mol. The van der Waals surface area contributed by atoms with E-state index in [-0.39, 0.29) is 23.1 Å². The molecule has 1 aliphatic rings. The van der Waals surface area contributed by atoms with Crippen molar-refractivity contribution in [2.24, 2.45) is 0 Å². The molecular formula is C11H11FN2O2S. The highest BCUT2D eigenvalue weighted by molar-refractivity contribution is 7.91. The number of rotatable bonds is 2. The Bertz CT molecular complexity index is 578. The molecule has 0 amide bonds. The van der Waals surface area contributed by atoms with Crippen LogP contribution in [-0.2, 0) is 9.84 Å². The average Bonchev–Trinajstić information content (AvgIpc) is 2.58. The van der Waals surface area contributed by atoms with Crippen LogP contribution < -0.4 is 5.32 Å². The molecule has 4 nitrogen and oxygen atoms in total. The maximum Gasteiger partial charge on any atom is 0.152 e. The van der Waals surface area contributed by atoms with Crippen molar-refractivity contribution in [2.45, 2.75) is 12.5 Å². The summed E-state index contributed by atoms with van der Waals surface area (Å²) in [5, 5.41) is 11.7. The van der Waals surface area contributed by atoms with E-state index in [9.17, 15) is 12.8 Å². The molecule has 1 unspecified atom stereocenters. The standard InChI is InChI=1S/C11H11FN2O2S/c12-10-2-1-3-11(9(10)6-13)14-8-4-5-17(15,16)7-8/h1-3,8,14H,4-5,7H2. The molecule has 1 aliphatic heterocycles. The summed E-state index contributed by atoms with van der Waals surface area (Å²) < 4.78 is 35.8. The van der Waals surface area contributed by atoms with Crippen LogP contribution in [0.1, 0.15) is 12.0 Å². The van der Waals surface area contributed by atoms with E-state index < -0.39 is 15.7 Å². The van der Waals surface area contributed by atoms with E-state index in [0.29, 0.717) is 12.1 Å². The minimum atomic E-state index is -2.98. The van der Waals surface area contributed by atoms with Crippen molar-refractivity contribution in [2.75, 3.05) is 16.8 Å². The van der Waals surface area contributed by atoms with Gasteiger partial charge in [-0.25, -0.2) is 12.8 Å². The van der Waals surface area contributed by atoms with Crippen molar-refractivity contribution < 1.29 is 12.8 Å². The molecule has 1 aromatic carbocycles. The second-order valence-electron chi connectivity index (χ2n) is 4.02. The van der Waals surface area contributed by atoms with Crippen LogP contribution in [0.15, 0.2) is 18.2 Å². The van der Waals surface area contributed by atoms with Gasteiger partial charge in [0.1, 0.15) is 17.4 Å². The molecule has 1 aromatic rings. The minimum Gasteiger partial charge on any atom is -0.380 e. The lowest BCUT2D eigenvalue weighted by molar-refractivity contribution is 0.602. The number of benzene rings is 1. The quantitative estimate of drug-likeness (QED) is 0.863. The Morgan fingerprint density at radius 3 is 2.82 bits per heavy atom. The van der Waals surface area contributed by atoms with Gasteiger partial charge in [0.25, 0.3) is 0 Å². The zero-order valence-corrected chi connectivity index (χ0v) is 9.80. The SMILES string of the molecule is N#Cc1c(F)cccc1NC1CCS(=O)(=O)C1. The third-order valence-corrected chi connectivity index (χ3v) is 4.49. The third kappa shape index (κ3) is 2.56. The van der Waals surface area contributed by atoms with Gasteiger partial charge < -0.3 is 5.32 Å². The molecule has 17 heavy (non-hydrogen) atoms. The molecule has 2 rings (SSSR count). The second-order valence-corrected chi connectivity index (χ2v) is 6.25. The third-order valence-electron chi connectivity index (χ3n) is 2.72. The summed E-state index contributed by atoms with van der Waals surface area (Å²) in [4.78, 5) is 0. The van der Waals surface area contributed by atoms with E-state index in [1.165, 1.54) is 12.1 Å². The Morgan fingerprint density at radius 2 is 2.24 bits per heavy atom. The van der Waals surface area contributed by atoms with Gasteiger partial charge in [0, 0.05) is 6.04 Å². The van der Waals surface area contributed by atoms with Crippen LogP contribution in [0.5, 0.6) is 0 Å². The van der Waals surface area contributed by atoms with Crippen molar-refractivity contribution in [3.8, 4) is 6.07 Å². The highest BCUT2D eigenvalue weighted by atomic mass is 32.2. The molecular weight excluding hydrogens is 243 g/mol. The molecule has 0 aliphatic carbocycles. The van der Waals surface area contributed by atoms with Crippen molar-refractivity contribution >= 4 is 15.5 Å². The fourth-order valence-electron chi connectivity index (χ4n) is 1.89. The van der Waals surface area contributed by atoms with Crippen molar-refractivity contribution in [1.82, 2.24) is 0 Å². The zero-order valence-electron chi connectivity index (χ0n) is 8.98. The van der Waals surface area contributed by atoms with Gasteiger partial charge in [-0.3, -0.25) is 0 Å². The van der Waals surface area contributed by atoms with Crippen LogP contribution >= 0.6 is 0 Å². The summed E-state index contributed by atoms with van der Waals surface area (Å²) >= 11 is 0. The highest BCUT2D eigenvalue weighted by Gasteiger charge is 2.28. The van der Waals surface area contributed by atoms with Crippen LogP contribution in [0, 0.1) is 17.1 Å². The molecule has 1 atom stereocenters. The van der Waals surface area contributed by atoms with Crippen LogP contribution in [0.2, 0.25) is 0 Å². The van der Waals surface area contributed by atoms with Crippen molar-refractivity contribution in [3.63, 3.8) is 0 Å². The van der Waals surface area contributed by atoms with Gasteiger partial charge >= 0.3 is 0 Å². The largest absolute Gasteiger partial charge is 0.380 e. The molecule has 6 heteroatoms. The lowest BCUT2D eigenvalue weighted by Gasteiger charge is -2.13. The number of hydrogen-bond acceptors (Lipinski definition) is 4. The first-order valence-corrected chi connectivity index (χ1v) is 6.99. The first kappa shape index (κ1) is 11.9. The van der Waals surface area contributed by atoms with Crippen LogP contribution in [-0.4, -0.2) is 26.0 Å². The van der Waals surface area contributed by atoms with E-state index in [2.05, 4.69) is 5.32 Å². The number of nitrogens with zero attached hydrogens (tertiary/aromatic N) is 1. The van der Waals surface area contributed by atoms with Crippen LogP contribution in [0.4, 0.5) is 10.1 Å². The zero-order chi connectivity index (χ0) is 12.5. The Labute approximate surface area is 99.0 Å². The number of nitriles is 1. The molecule has 0 aromatic heterocycles. The summed E-state index contributed by atoms with van der Waals surface area (Å²) in [7, 11) is -2.98. The van der Waals surface area contributed by atoms with Crippen LogP contribution in [0.25, 0.3) is 0 Å². The molecule has 1 N–H and O–H groups in total. The Kier molecular flexibility index (Phi) is 3.03. The Morgan fingerprint density at radius 1 is 1.47 bits per heavy atom. The number of nitrogens with one attached hydrogen (secondary N) is 1. The fourth-order valence-corrected chi connectivity index (χ4v) is 3.56. The molecule has 0 saturated carbocycles. The maximum atomic E-state index is 13.3. The summed E-state index contributed by atoms with van der Waals surface area (Å²) in [6.45, 7) is 0. The van der Waals surface area contributed by atoms with Crippen molar-refractivity contribution in [1.29, 1.82) is 5.26 Å². The maximum absolute atomic E-state index is 13.3. The summed E-state index contributed by atoms with van der Waals surface area (Å²) in [5.41, 5.74) is 0.284. The lowest BCUT2D eigenvalue weighted by atomic mass is 10.1. The fraction of sp³-hybridized carbons (Fsp3) is 0.364. The number of hydrogen-bond donors (Lipinski definition) is 1. The first-order valence-electron chi connectivity index (χ1n) is 5.17. The lowest BCUT2D eigenvalue weighted by Crippen LogP contribution is -2.21. The van der Waals surface area contributed by atoms with Crippen LogP contribution in [0.3, 0.4) is 0 Å². The molecule has 1 heterocycles. The Balaban J connectivity index is 2.21. The number of sulfone groups is 1. The number of anilines is 1. The van der Waals surface area contributed by atoms with E-state index in [0.717, 1.165) is 0 Å². The summed E-state index contributed by atoms with van der Waals surface area (Å²) in [6.07, 6.45) is 0.490. The van der Waals surface area contributed by atoms with E-state index >= 15 is 0 Å². The van der Waals surface area contributed by atoms with E-state index in [4.69, 9.17) is 5.26 Å². The summed E-state index contributed by atoms with van der Waals surface area (Å²) in [5.74, 6) is -0.422. The van der Waals surface area contributed by atoms with Gasteiger partial charge in [-0.1, -0.05) is 6.07 Å². The summed E-state index contributed by atoms with van der Waals surface area (Å²) in [6, 6.07) is 5.80. The predicted molar refractivity (Wildman–Crippen MR) is 61.8 cm³/mol. The molecule has 0 radical (unpaired) electrons. The number of halogens is 1.